The Hall–Kier alpha value is -3.04. The highest BCUT2D eigenvalue weighted by molar-refractivity contribution is 5.97. The lowest BCUT2D eigenvalue weighted by molar-refractivity contribution is -0.137. The maximum Gasteiger partial charge on any atom is 0.416 e. The number of hydrogen-bond donors (Lipinski definition) is 1. The van der Waals surface area contributed by atoms with Crippen LogP contribution in [-0.2, 0) is 30.0 Å². The Morgan fingerprint density at radius 2 is 1.86 bits per heavy atom. The van der Waals surface area contributed by atoms with E-state index < -0.39 is 17.6 Å². The molecule has 7 nitrogen and oxygen atoms in total. The van der Waals surface area contributed by atoms with Gasteiger partial charge in [-0.2, -0.15) is 18.2 Å². The van der Waals surface area contributed by atoms with Crippen LogP contribution in [0, 0.1) is 5.92 Å². The van der Waals surface area contributed by atoms with E-state index in [0.29, 0.717) is 18.0 Å². The first-order valence-corrected chi connectivity index (χ1v) is 11.7. The lowest BCUT2D eigenvalue weighted by Gasteiger charge is -2.27. The molecule has 0 unspecified atom stereocenters. The molecule has 1 saturated carbocycles. The fraction of sp³-hybridized carbons (Fsp3) is 0.560. The summed E-state index contributed by atoms with van der Waals surface area (Å²) in [4.78, 5) is 28.6. The van der Waals surface area contributed by atoms with Gasteiger partial charge in [0.1, 0.15) is 12.4 Å². The molecule has 3 rings (SSSR count). The van der Waals surface area contributed by atoms with Crippen LogP contribution in [-0.4, -0.2) is 34.3 Å². The summed E-state index contributed by atoms with van der Waals surface area (Å²) < 4.78 is 49.6. The Bertz CT molecular complexity index is 1150. The molecule has 0 atom stereocenters. The first-order valence-electron chi connectivity index (χ1n) is 11.7. The molecule has 192 valence electrons. The van der Waals surface area contributed by atoms with Gasteiger partial charge in [0.25, 0.3) is 5.91 Å². The highest BCUT2D eigenvalue weighted by Gasteiger charge is 2.32. The lowest BCUT2D eigenvalue weighted by atomic mass is 9.85. The van der Waals surface area contributed by atoms with Crippen molar-refractivity contribution in [3.63, 3.8) is 0 Å². The zero-order valence-corrected chi connectivity index (χ0v) is 20.8. The van der Waals surface area contributed by atoms with Crippen LogP contribution in [0.5, 0.6) is 5.75 Å². The van der Waals surface area contributed by atoms with E-state index in [1.807, 2.05) is 22.5 Å². The number of nitrogens with one attached hydrogen (secondary N) is 1. The molecule has 1 fully saturated rings. The molecule has 0 radical (unpaired) electrons. The van der Waals surface area contributed by atoms with E-state index >= 15 is 0 Å². The Labute approximate surface area is 203 Å². The van der Waals surface area contributed by atoms with Crippen molar-refractivity contribution in [2.75, 3.05) is 13.2 Å². The molecule has 2 aromatic rings. The third-order valence-corrected chi connectivity index (χ3v) is 6.15. The van der Waals surface area contributed by atoms with Crippen molar-refractivity contribution in [3.05, 3.63) is 46.6 Å². The van der Waals surface area contributed by atoms with E-state index in [1.165, 1.54) is 6.92 Å². The largest absolute Gasteiger partial charge is 0.491 e. The average Bonchev–Trinajstić information content (AvgIpc) is 3.02. The van der Waals surface area contributed by atoms with Gasteiger partial charge in [0.2, 0.25) is 5.91 Å². The van der Waals surface area contributed by atoms with Crippen LogP contribution in [0.1, 0.15) is 68.6 Å². The molecule has 1 aromatic carbocycles. The van der Waals surface area contributed by atoms with E-state index in [1.54, 1.807) is 0 Å². The second-order valence-electron chi connectivity index (χ2n) is 10.00. The van der Waals surface area contributed by atoms with Crippen LogP contribution < -0.4 is 15.5 Å². The molecule has 1 aliphatic carbocycles. The number of hydrogen-bond acceptors (Lipinski definition) is 3. The van der Waals surface area contributed by atoms with Crippen molar-refractivity contribution in [3.8, 4) is 5.75 Å². The molecule has 0 spiro atoms. The van der Waals surface area contributed by atoms with Gasteiger partial charge in [-0.15, -0.1) is 0 Å². The smallest absolute Gasteiger partial charge is 0.416 e. The predicted octanol–water partition coefficient (Wildman–Crippen LogP) is 4.20. The molecular formula is C25H33F3N4O3. The van der Waals surface area contributed by atoms with Gasteiger partial charge in [-0.05, 0) is 37.0 Å². The second kappa shape index (κ2) is 10.3. The van der Waals surface area contributed by atoms with E-state index in [4.69, 9.17) is 4.74 Å². The first-order chi connectivity index (χ1) is 16.3. The van der Waals surface area contributed by atoms with Gasteiger partial charge in [0, 0.05) is 37.7 Å². The van der Waals surface area contributed by atoms with Crippen LogP contribution in [0.15, 0.2) is 29.3 Å². The third-order valence-electron chi connectivity index (χ3n) is 6.15. The molecule has 1 N–H and O–H groups in total. The molecular weight excluding hydrogens is 461 g/mol. The summed E-state index contributed by atoms with van der Waals surface area (Å²) >= 11 is 0. The Morgan fingerprint density at radius 1 is 1.17 bits per heavy atom. The number of halogens is 3. The molecule has 2 amide bonds. The zero-order valence-electron chi connectivity index (χ0n) is 20.8. The van der Waals surface area contributed by atoms with Crippen molar-refractivity contribution >= 4 is 11.8 Å². The number of nitrogens with zero attached hydrogens (tertiary/aromatic N) is 3. The number of carbonyl (C=O) groups is 2. The standard InChI is InChI=1S/C25H33F3N4O3/c1-16(33)29-11-12-35-20-10-9-18(25(26,27)28)13-19(20)23(34)30-22-14-21(24(2,3)4)31(5)32(22)15-17-7-6-8-17/h9-10,13-14,17H,6-8,11-12,15H2,1-5H3,(H,29,33). The normalized spacial score (nSPS) is 15.1. The maximum absolute atomic E-state index is 13.4. The van der Waals surface area contributed by atoms with Crippen LogP contribution in [0.2, 0.25) is 0 Å². The maximum atomic E-state index is 13.4. The minimum Gasteiger partial charge on any atom is -0.491 e. The molecule has 10 heteroatoms. The van der Waals surface area contributed by atoms with Gasteiger partial charge in [0.05, 0.1) is 17.7 Å². The highest BCUT2D eigenvalue weighted by Crippen LogP contribution is 2.33. The Balaban J connectivity index is 2.03. The molecule has 1 aromatic heterocycles. The lowest BCUT2D eigenvalue weighted by Crippen LogP contribution is -2.30. The van der Waals surface area contributed by atoms with Crippen LogP contribution >= 0.6 is 0 Å². The minimum absolute atomic E-state index is 0.00753. The van der Waals surface area contributed by atoms with Gasteiger partial charge in [-0.25, -0.2) is 0 Å². The van der Waals surface area contributed by atoms with Crippen molar-refractivity contribution in [1.82, 2.24) is 14.7 Å². The summed E-state index contributed by atoms with van der Waals surface area (Å²) in [5, 5.41) is 2.54. The fourth-order valence-corrected chi connectivity index (χ4v) is 4.05. The molecule has 1 aliphatic rings. The SMILES string of the molecule is CC(=O)NCCOc1ccc(C(F)(F)F)cc1C(=O)N=c1cc(C(C)(C)C)n(C)n1CC1CCC1. The van der Waals surface area contributed by atoms with Crippen molar-refractivity contribution < 1.29 is 27.5 Å². The number of benzene rings is 1. The zero-order chi connectivity index (χ0) is 26.0. The average molecular weight is 495 g/mol. The fourth-order valence-electron chi connectivity index (χ4n) is 4.05. The third kappa shape index (κ3) is 6.55. The summed E-state index contributed by atoms with van der Waals surface area (Å²) in [7, 11) is 1.91. The topological polar surface area (TPSA) is 77.6 Å². The summed E-state index contributed by atoms with van der Waals surface area (Å²) in [5.41, 5.74) is -0.105. The molecule has 0 bridgehead atoms. The van der Waals surface area contributed by atoms with Gasteiger partial charge >= 0.3 is 6.18 Å². The summed E-state index contributed by atoms with van der Waals surface area (Å²) in [6.45, 7) is 8.32. The second-order valence-corrected chi connectivity index (χ2v) is 10.00. The molecule has 0 saturated heterocycles. The number of carbonyl (C=O) groups excluding carboxylic acids is 2. The van der Waals surface area contributed by atoms with Crippen molar-refractivity contribution in [2.45, 2.75) is 65.1 Å². The van der Waals surface area contributed by atoms with Crippen LogP contribution in [0.3, 0.4) is 0 Å². The summed E-state index contributed by atoms with van der Waals surface area (Å²) in [5.74, 6) is -0.623. The monoisotopic (exact) mass is 494 g/mol. The van der Waals surface area contributed by atoms with Crippen LogP contribution in [0.4, 0.5) is 13.2 Å². The van der Waals surface area contributed by atoms with E-state index in [-0.39, 0.29) is 35.8 Å². The summed E-state index contributed by atoms with van der Waals surface area (Å²) in [6, 6.07) is 4.57. The van der Waals surface area contributed by atoms with E-state index in [0.717, 1.165) is 43.2 Å². The molecule has 35 heavy (non-hydrogen) atoms. The number of rotatable bonds is 7. The summed E-state index contributed by atoms with van der Waals surface area (Å²) in [6.07, 6.45) is -1.27. The molecule has 0 aliphatic heterocycles. The number of aromatic nitrogens is 2. The Kier molecular flexibility index (Phi) is 7.81. The van der Waals surface area contributed by atoms with E-state index in [2.05, 4.69) is 31.1 Å². The number of amides is 2. The van der Waals surface area contributed by atoms with Crippen molar-refractivity contribution in [1.29, 1.82) is 0 Å². The first kappa shape index (κ1) is 26.6. The van der Waals surface area contributed by atoms with E-state index in [9.17, 15) is 22.8 Å². The van der Waals surface area contributed by atoms with Gasteiger partial charge in [0.15, 0.2) is 5.49 Å². The van der Waals surface area contributed by atoms with Crippen LogP contribution in [0.25, 0.3) is 0 Å². The van der Waals surface area contributed by atoms with Gasteiger partial charge < -0.3 is 10.1 Å². The minimum atomic E-state index is -4.62. The Morgan fingerprint density at radius 3 is 2.40 bits per heavy atom. The molecule has 1 heterocycles. The number of alkyl halides is 3. The highest BCUT2D eigenvalue weighted by atomic mass is 19.4. The number of ether oxygens (including phenoxy) is 1. The predicted molar refractivity (Wildman–Crippen MR) is 125 cm³/mol. The quantitative estimate of drug-likeness (QED) is 0.586. The van der Waals surface area contributed by atoms with Gasteiger partial charge in [-0.1, -0.05) is 27.2 Å². The van der Waals surface area contributed by atoms with Crippen molar-refractivity contribution in [2.24, 2.45) is 18.0 Å². The van der Waals surface area contributed by atoms with Gasteiger partial charge in [-0.3, -0.25) is 19.0 Å².